The molecule has 0 aliphatic rings. The number of hydrogen-bond acceptors (Lipinski definition) is 17. The number of phosphoric ester groups is 2. The standard InChI is InChI=1S/C75H144N4O19P2.2Na.2H/c1-7-13-19-25-27-29-31-37-43-49-73(84)97-69(47-41-35-23-17-11-5)59-71(82)78-65(61-91-55-51-67(80)45-39-33-21-15-9-3)63-95-99(87,88)93-57-53-76-75(86)77-54-58-94-100(89,90)96-64-66(62-92-56-52-68(81)46-40-34-22-16-10-4)79-72(83)60-70(48-42-36-24-18-12-6)98-74(85)50-44-38-32-30-28-26-20-14-8-2;;;;/h29-32,65-70,80-81H,7-28,33-64H2,1-6H3,(H,78,82)(H,79,83)(H,87,88)(H,89,90)(H2,76,77,86);;;;/q;2*+1;2*-1/b31-29+,32-30+;;;;/t65?,66?,67-,68-,69-,70-;;;;/m1..../s1. The first-order chi connectivity index (χ1) is 48.3. The number of aliphatic hydroxyl groups excluding tert-OH is 2. The smallest absolute Gasteiger partial charge is 1.00 e. The molecule has 8 atom stereocenters. The van der Waals surface area contributed by atoms with Gasteiger partial charge in [-0.2, -0.15) is 0 Å². The van der Waals surface area contributed by atoms with Crippen molar-refractivity contribution in [1.29, 1.82) is 0 Å². The van der Waals surface area contributed by atoms with Gasteiger partial charge in [-0.3, -0.25) is 37.3 Å². The molecule has 0 aromatic carbocycles. The average molecular weight is 1520 g/mol. The van der Waals surface area contributed by atoms with Gasteiger partial charge in [-0.05, 0) is 103 Å². The van der Waals surface area contributed by atoms with Gasteiger partial charge in [0.2, 0.25) is 11.8 Å². The molecule has 0 heterocycles. The molecule has 592 valence electrons. The third-order valence-corrected chi connectivity index (χ3v) is 18.9. The van der Waals surface area contributed by atoms with Gasteiger partial charge < -0.3 is 63.1 Å². The summed E-state index contributed by atoms with van der Waals surface area (Å²) in [5, 5.41) is 31.7. The zero-order valence-corrected chi connectivity index (χ0v) is 71.1. The van der Waals surface area contributed by atoms with Gasteiger partial charge in [0.15, 0.2) is 0 Å². The van der Waals surface area contributed by atoms with Crippen LogP contribution in [0.2, 0.25) is 0 Å². The van der Waals surface area contributed by atoms with Crippen molar-refractivity contribution in [3.8, 4) is 0 Å². The Kier molecular flexibility index (Phi) is 77.2. The van der Waals surface area contributed by atoms with E-state index in [1.807, 2.05) is 0 Å². The van der Waals surface area contributed by atoms with Crippen molar-refractivity contribution in [3.63, 3.8) is 0 Å². The van der Waals surface area contributed by atoms with Crippen molar-refractivity contribution in [1.82, 2.24) is 21.3 Å². The molecule has 102 heavy (non-hydrogen) atoms. The summed E-state index contributed by atoms with van der Waals surface area (Å²) < 4.78 is 70.6. The molecule has 0 saturated heterocycles. The van der Waals surface area contributed by atoms with Crippen molar-refractivity contribution in [2.75, 3.05) is 65.9 Å². The van der Waals surface area contributed by atoms with Gasteiger partial charge >= 0.3 is 92.7 Å². The molecule has 0 aliphatic carbocycles. The van der Waals surface area contributed by atoms with E-state index in [0.29, 0.717) is 51.4 Å². The molecule has 0 aromatic rings. The quantitative estimate of drug-likeness (QED) is 0.00922. The molecule has 8 N–H and O–H groups in total. The number of phosphoric acid groups is 2. The Morgan fingerprint density at radius 3 is 1.02 bits per heavy atom. The number of unbranched alkanes of at least 4 members (excludes halogenated alkanes) is 26. The van der Waals surface area contributed by atoms with Crippen LogP contribution in [0.3, 0.4) is 0 Å². The Morgan fingerprint density at radius 1 is 0.382 bits per heavy atom. The second-order valence-corrected chi connectivity index (χ2v) is 29.7. The maximum Gasteiger partial charge on any atom is 1.00 e. The number of hydrogen-bond donors (Lipinski definition) is 8. The minimum absolute atomic E-state index is 0. The summed E-state index contributed by atoms with van der Waals surface area (Å²) in [6, 6.07) is -2.66. The van der Waals surface area contributed by atoms with Gasteiger partial charge in [0.1, 0.15) is 12.2 Å². The predicted octanol–water partition coefficient (Wildman–Crippen LogP) is 10.7. The van der Waals surface area contributed by atoms with Crippen LogP contribution in [0.25, 0.3) is 0 Å². The summed E-state index contributed by atoms with van der Waals surface area (Å²) in [4.78, 5) is 87.4. The number of ether oxygens (including phenoxy) is 4. The van der Waals surface area contributed by atoms with Crippen LogP contribution in [0.1, 0.15) is 327 Å². The van der Waals surface area contributed by atoms with E-state index >= 15 is 0 Å². The molecule has 27 heteroatoms. The van der Waals surface area contributed by atoms with E-state index in [-0.39, 0.29) is 139 Å². The van der Waals surface area contributed by atoms with Gasteiger partial charge in [0.25, 0.3) is 0 Å². The van der Waals surface area contributed by atoms with Crippen molar-refractivity contribution in [2.24, 2.45) is 0 Å². The zero-order chi connectivity index (χ0) is 73.8. The Morgan fingerprint density at radius 2 is 0.686 bits per heavy atom. The molecule has 4 amide bonds. The number of aliphatic hydroxyl groups is 2. The number of carbonyl (C=O) groups excluding carboxylic acids is 5. The van der Waals surface area contributed by atoms with Crippen LogP contribution >= 0.6 is 15.6 Å². The molecule has 4 unspecified atom stereocenters. The Bertz CT molecular complexity index is 2020. The molecule has 0 saturated carbocycles. The summed E-state index contributed by atoms with van der Waals surface area (Å²) in [7, 11) is -9.57. The third-order valence-electron chi connectivity index (χ3n) is 17.0. The van der Waals surface area contributed by atoms with Crippen molar-refractivity contribution >= 4 is 45.4 Å². The molecule has 0 bridgehead atoms. The maximum atomic E-state index is 13.7. The first-order valence-electron chi connectivity index (χ1n) is 39.4. The van der Waals surface area contributed by atoms with Crippen molar-refractivity contribution in [2.45, 2.75) is 361 Å². The molecule has 0 spiro atoms. The topological polar surface area (TPSA) is 322 Å². The summed E-state index contributed by atoms with van der Waals surface area (Å²) in [5.74, 6) is -1.71. The third kappa shape index (κ3) is 71.6. The van der Waals surface area contributed by atoms with Crippen molar-refractivity contribution in [3.05, 3.63) is 24.3 Å². The molecule has 0 radical (unpaired) electrons. The monoisotopic (exact) mass is 1510 g/mol. The normalized spacial score (nSPS) is 14.5. The van der Waals surface area contributed by atoms with E-state index in [1.165, 1.54) is 38.5 Å². The van der Waals surface area contributed by atoms with Crippen LogP contribution < -0.4 is 80.4 Å². The number of nitrogens with one attached hydrogen (secondary N) is 4. The predicted molar refractivity (Wildman–Crippen MR) is 400 cm³/mol. The Balaban J connectivity index is -0.00000817. The van der Waals surface area contributed by atoms with Gasteiger partial charge in [-0.15, -0.1) is 0 Å². The Labute approximate surface area is 664 Å². The van der Waals surface area contributed by atoms with Crippen LogP contribution in [-0.2, 0) is 65.4 Å². The number of amides is 4. The first-order valence-corrected chi connectivity index (χ1v) is 42.4. The molecule has 0 fully saturated rings. The van der Waals surface area contributed by atoms with E-state index < -0.39 is 96.4 Å². The molecule has 23 nitrogen and oxygen atoms in total. The van der Waals surface area contributed by atoms with Gasteiger partial charge in [0, 0.05) is 39.1 Å². The second-order valence-electron chi connectivity index (χ2n) is 26.8. The van der Waals surface area contributed by atoms with E-state index in [2.05, 4.69) is 87.1 Å². The number of allylic oxidation sites excluding steroid dienone is 4. The number of carbonyl (C=O) groups is 5. The average Bonchev–Trinajstić information content (AvgIpc) is 0.920. The minimum Gasteiger partial charge on any atom is -1.00 e. The van der Waals surface area contributed by atoms with Crippen LogP contribution in [0.15, 0.2) is 24.3 Å². The summed E-state index contributed by atoms with van der Waals surface area (Å²) in [6.07, 6.45) is 43.7. The SMILES string of the molecule is CCCCCC/C=C/CCCC(=O)O[C@H](CCCCCCC)CC(=O)NC(COCC[C@H](O)CCCCCCC)COP(=O)(O)OCCNC(=O)NCCOP(=O)(O)OCC(COCC[C@H](O)CCCCCCC)NC(=O)C[C@@H](CCCCCCC)OC(=O)CCC/C=C/CCCCCC.[H-].[H-].[Na+].[Na+]. The van der Waals surface area contributed by atoms with E-state index in [1.54, 1.807) is 0 Å². The number of rotatable bonds is 74. The summed E-state index contributed by atoms with van der Waals surface area (Å²) in [6.45, 7) is 10.4. The van der Waals surface area contributed by atoms with E-state index in [4.69, 9.17) is 37.0 Å². The molecular formula is C75H146N4Na2O19P2. The van der Waals surface area contributed by atoms with Gasteiger partial charge in [-0.1, -0.05) is 220 Å². The maximum absolute atomic E-state index is 13.7. The zero-order valence-electron chi connectivity index (χ0n) is 67.3. The fourth-order valence-electron chi connectivity index (χ4n) is 11.0. The fourth-order valence-corrected chi connectivity index (χ4v) is 12.5. The number of urea groups is 1. The van der Waals surface area contributed by atoms with E-state index in [0.717, 1.165) is 167 Å². The van der Waals surface area contributed by atoms with Crippen LogP contribution in [0.5, 0.6) is 0 Å². The fraction of sp³-hybridized carbons (Fsp3) is 0.880. The molecule has 0 rings (SSSR count). The molecular weight excluding hydrogens is 1370 g/mol. The van der Waals surface area contributed by atoms with Crippen molar-refractivity contribution < 1.29 is 152 Å². The van der Waals surface area contributed by atoms with Crippen LogP contribution in [-0.4, -0.2) is 152 Å². The van der Waals surface area contributed by atoms with Crippen LogP contribution in [0, 0.1) is 0 Å². The first kappa shape index (κ1) is 105. The summed E-state index contributed by atoms with van der Waals surface area (Å²) in [5.41, 5.74) is 0. The Hall–Kier alpha value is -1.31. The molecule has 0 aliphatic heterocycles. The number of esters is 2. The van der Waals surface area contributed by atoms with Crippen LogP contribution in [0.4, 0.5) is 4.79 Å². The minimum atomic E-state index is -4.78. The van der Waals surface area contributed by atoms with E-state index in [9.17, 15) is 53.1 Å². The largest absolute Gasteiger partial charge is 1.00 e. The molecule has 0 aromatic heterocycles. The van der Waals surface area contributed by atoms with Gasteiger partial charge in [-0.25, -0.2) is 13.9 Å². The van der Waals surface area contributed by atoms with Gasteiger partial charge in [0.05, 0.1) is 76.8 Å². The second kappa shape index (κ2) is 75.1. The summed E-state index contributed by atoms with van der Waals surface area (Å²) >= 11 is 0.